The van der Waals surface area contributed by atoms with Gasteiger partial charge < -0.3 is 25.0 Å². The number of nitrogens with one attached hydrogen (secondary N) is 2. The van der Waals surface area contributed by atoms with Crippen molar-refractivity contribution >= 4 is 23.4 Å². The second-order valence-electron chi connectivity index (χ2n) is 10.4. The smallest absolute Gasteiger partial charge is 0.257 e. The molecular weight excluding hydrogens is 489 g/mol. The van der Waals surface area contributed by atoms with Gasteiger partial charge in [0.05, 0.1) is 24.1 Å². The summed E-state index contributed by atoms with van der Waals surface area (Å²) in [5.74, 6) is -0.303. The van der Waals surface area contributed by atoms with Gasteiger partial charge in [0.1, 0.15) is 24.3 Å². The lowest BCUT2D eigenvalue weighted by molar-refractivity contribution is -0.134. The van der Waals surface area contributed by atoms with Gasteiger partial charge in [-0.15, -0.1) is 0 Å². The van der Waals surface area contributed by atoms with E-state index in [4.69, 9.17) is 9.47 Å². The lowest BCUT2D eigenvalue weighted by atomic mass is 9.94. The van der Waals surface area contributed by atoms with Gasteiger partial charge in [-0.3, -0.25) is 14.4 Å². The zero-order valence-electron chi connectivity index (χ0n) is 21.6. The number of fused-ring (bicyclic) bond motifs is 2. The third-order valence-corrected chi connectivity index (χ3v) is 7.85. The van der Waals surface area contributed by atoms with Crippen LogP contribution in [0.4, 0.5) is 10.1 Å². The number of rotatable bonds is 6. The minimum absolute atomic E-state index is 0.000238. The van der Waals surface area contributed by atoms with E-state index in [1.165, 1.54) is 6.07 Å². The molecular formula is C29H34FN3O5. The van der Waals surface area contributed by atoms with Crippen molar-refractivity contribution in [1.82, 2.24) is 10.2 Å². The average Bonchev–Trinajstić information content (AvgIpc) is 3.46. The average molecular weight is 524 g/mol. The predicted octanol–water partition coefficient (Wildman–Crippen LogP) is 4.04. The van der Waals surface area contributed by atoms with Crippen molar-refractivity contribution in [2.45, 2.75) is 69.7 Å². The Balaban J connectivity index is 1.20. The van der Waals surface area contributed by atoms with Crippen LogP contribution in [0.5, 0.6) is 5.75 Å². The van der Waals surface area contributed by atoms with Gasteiger partial charge in [-0.2, -0.15) is 0 Å². The zero-order chi connectivity index (χ0) is 26.6. The predicted molar refractivity (Wildman–Crippen MR) is 139 cm³/mol. The molecule has 9 heteroatoms. The number of halogens is 1. The SMILES string of the molecule is CN1C(=O)c2cc(NC(=O)C3CCCC3)ccc2OC[C@@H]2O[C@@H](CC(=O)NCc3ccccc3F)CC[C@@H]21. The van der Waals surface area contributed by atoms with Crippen LogP contribution in [0.3, 0.4) is 0 Å². The van der Waals surface area contributed by atoms with E-state index in [9.17, 15) is 18.8 Å². The molecule has 3 amide bonds. The highest BCUT2D eigenvalue weighted by Gasteiger charge is 2.39. The van der Waals surface area contributed by atoms with E-state index in [1.807, 2.05) is 0 Å². The molecule has 8 nitrogen and oxygen atoms in total. The first-order valence-corrected chi connectivity index (χ1v) is 13.4. The number of nitrogens with zero attached hydrogens (tertiary/aromatic N) is 1. The van der Waals surface area contributed by atoms with Crippen LogP contribution in [0.1, 0.15) is 60.9 Å². The normalized spacial score (nSPS) is 23.5. The molecule has 0 aromatic heterocycles. The van der Waals surface area contributed by atoms with Crippen molar-refractivity contribution in [2.75, 3.05) is 19.0 Å². The number of likely N-dealkylation sites (N-methyl/N-ethyl adjacent to an activating group) is 1. The second-order valence-corrected chi connectivity index (χ2v) is 10.4. The molecule has 0 unspecified atom stereocenters. The third kappa shape index (κ3) is 5.83. The first kappa shape index (κ1) is 26.2. The maximum Gasteiger partial charge on any atom is 0.257 e. The number of ether oxygens (including phenoxy) is 2. The number of hydrogen-bond acceptors (Lipinski definition) is 5. The lowest BCUT2D eigenvalue weighted by Crippen LogP contribution is -2.53. The van der Waals surface area contributed by atoms with Crippen LogP contribution in [-0.4, -0.2) is 54.5 Å². The van der Waals surface area contributed by atoms with Crippen LogP contribution in [-0.2, 0) is 20.9 Å². The summed E-state index contributed by atoms with van der Waals surface area (Å²) in [6.45, 7) is 0.348. The summed E-state index contributed by atoms with van der Waals surface area (Å²) in [5, 5.41) is 5.72. The molecule has 2 N–H and O–H groups in total. The van der Waals surface area contributed by atoms with E-state index in [-0.39, 0.29) is 61.2 Å². The lowest BCUT2D eigenvalue weighted by Gasteiger charge is -2.42. The Hall–Kier alpha value is -3.46. The third-order valence-electron chi connectivity index (χ3n) is 7.85. The van der Waals surface area contributed by atoms with Crippen molar-refractivity contribution in [3.63, 3.8) is 0 Å². The van der Waals surface area contributed by atoms with Crippen molar-refractivity contribution in [3.05, 3.63) is 59.4 Å². The molecule has 5 rings (SSSR count). The molecule has 2 heterocycles. The second kappa shape index (κ2) is 11.5. The number of carbonyl (C=O) groups excluding carboxylic acids is 3. The number of amides is 3. The highest BCUT2D eigenvalue weighted by molar-refractivity contribution is 6.00. The van der Waals surface area contributed by atoms with Gasteiger partial charge in [-0.05, 0) is 49.9 Å². The number of anilines is 1. The molecule has 3 aliphatic rings. The van der Waals surface area contributed by atoms with E-state index in [2.05, 4.69) is 10.6 Å². The fraction of sp³-hybridized carbons (Fsp3) is 0.483. The number of hydrogen-bond donors (Lipinski definition) is 2. The van der Waals surface area contributed by atoms with E-state index in [0.717, 1.165) is 25.7 Å². The zero-order valence-corrected chi connectivity index (χ0v) is 21.6. The Morgan fingerprint density at radius 1 is 1.08 bits per heavy atom. The van der Waals surface area contributed by atoms with Gasteiger partial charge in [0, 0.05) is 30.8 Å². The van der Waals surface area contributed by atoms with Gasteiger partial charge in [-0.1, -0.05) is 31.0 Å². The summed E-state index contributed by atoms with van der Waals surface area (Å²) in [5.41, 5.74) is 1.42. The summed E-state index contributed by atoms with van der Waals surface area (Å²) in [6.07, 6.45) is 4.65. The maximum absolute atomic E-state index is 13.8. The van der Waals surface area contributed by atoms with Gasteiger partial charge in [-0.25, -0.2) is 4.39 Å². The summed E-state index contributed by atoms with van der Waals surface area (Å²) in [4.78, 5) is 40.2. The van der Waals surface area contributed by atoms with E-state index in [0.29, 0.717) is 35.4 Å². The van der Waals surface area contributed by atoms with E-state index >= 15 is 0 Å². The molecule has 0 spiro atoms. The maximum atomic E-state index is 13.8. The molecule has 0 bridgehead atoms. The Bertz CT molecular complexity index is 1200. The van der Waals surface area contributed by atoms with Crippen molar-refractivity contribution in [1.29, 1.82) is 0 Å². The first-order chi connectivity index (χ1) is 18.4. The number of carbonyl (C=O) groups is 3. The molecule has 38 heavy (non-hydrogen) atoms. The molecule has 2 aromatic rings. The molecule has 0 radical (unpaired) electrons. The van der Waals surface area contributed by atoms with Crippen molar-refractivity contribution in [3.8, 4) is 5.75 Å². The molecule has 202 valence electrons. The van der Waals surface area contributed by atoms with Crippen LogP contribution in [0.15, 0.2) is 42.5 Å². The van der Waals surface area contributed by atoms with Crippen LogP contribution in [0.25, 0.3) is 0 Å². The highest BCUT2D eigenvalue weighted by atomic mass is 19.1. The molecule has 2 aromatic carbocycles. The fourth-order valence-corrected chi connectivity index (χ4v) is 5.65. The van der Waals surface area contributed by atoms with E-state index < -0.39 is 6.10 Å². The molecule has 2 fully saturated rings. The Kier molecular flexibility index (Phi) is 7.93. The largest absolute Gasteiger partial charge is 0.490 e. The van der Waals surface area contributed by atoms with Crippen molar-refractivity contribution < 1.29 is 28.2 Å². The molecule has 2 aliphatic heterocycles. The summed E-state index contributed by atoms with van der Waals surface area (Å²) >= 11 is 0. The number of benzene rings is 2. The highest BCUT2D eigenvalue weighted by Crippen LogP contribution is 2.33. The van der Waals surface area contributed by atoms with Gasteiger partial charge in [0.25, 0.3) is 5.91 Å². The molecule has 1 saturated carbocycles. The van der Waals surface area contributed by atoms with Gasteiger partial charge in [0.15, 0.2) is 0 Å². The topological polar surface area (TPSA) is 97.0 Å². The van der Waals surface area contributed by atoms with Crippen molar-refractivity contribution in [2.24, 2.45) is 5.92 Å². The van der Waals surface area contributed by atoms with Crippen LogP contribution in [0, 0.1) is 11.7 Å². The monoisotopic (exact) mass is 523 g/mol. The summed E-state index contributed by atoms with van der Waals surface area (Å²) in [6, 6.07) is 11.3. The minimum Gasteiger partial charge on any atom is -0.490 e. The minimum atomic E-state index is -0.392. The summed E-state index contributed by atoms with van der Waals surface area (Å²) < 4.78 is 26.1. The molecule has 1 aliphatic carbocycles. The van der Waals surface area contributed by atoms with E-state index in [1.54, 1.807) is 48.3 Å². The standard InChI is InChI=1S/C29H34FN3O5/c1-33-24-12-11-21(15-27(34)31-16-19-8-4-5-9-23(19)30)38-26(24)17-37-25-13-10-20(14-22(25)29(33)36)32-28(35)18-6-2-3-7-18/h4-5,8-10,13-14,18,21,24,26H,2-3,6-7,11-12,15-17H2,1H3,(H,31,34)(H,32,35)/t21-,24+,26+/m1/s1. The molecule has 3 atom stereocenters. The van der Waals surface area contributed by atoms with Gasteiger partial charge in [0.2, 0.25) is 11.8 Å². The first-order valence-electron chi connectivity index (χ1n) is 13.4. The fourth-order valence-electron chi connectivity index (χ4n) is 5.65. The molecule has 1 saturated heterocycles. The Morgan fingerprint density at radius 2 is 1.87 bits per heavy atom. The Labute approximate surface area is 221 Å². The summed E-state index contributed by atoms with van der Waals surface area (Å²) in [7, 11) is 1.75. The van der Waals surface area contributed by atoms with Crippen LogP contribution < -0.4 is 15.4 Å². The van der Waals surface area contributed by atoms with Gasteiger partial charge >= 0.3 is 0 Å². The van der Waals surface area contributed by atoms with Crippen LogP contribution >= 0.6 is 0 Å². The van der Waals surface area contributed by atoms with Crippen LogP contribution in [0.2, 0.25) is 0 Å². The quantitative estimate of drug-likeness (QED) is 0.596. The Morgan fingerprint density at radius 3 is 2.66 bits per heavy atom.